The summed E-state index contributed by atoms with van der Waals surface area (Å²) in [7, 11) is 0. The quantitative estimate of drug-likeness (QED) is 0.563. The molecule has 0 saturated carbocycles. The minimum absolute atomic E-state index is 0.328. The molecule has 1 aliphatic rings. The average Bonchev–Trinajstić information content (AvgIpc) is 2.74. The van der Waals surface area contributed by atoms with Gasteiger partial charge in [0.25, 0.3) is 0 Å². The van der Waals surface area contributed by atoms with Gasteiger partial charge in [0, 0.05) is 5.75 Å². The van der Waals surface area contributed by atoms with Gasteiger partial charge < -0.3 is 15.1 Å². The summed E-state index contributed by atoms with van der Waals surface area (Å²) in [6.45, 7) is -0.439. The van der Waals surface area contributed by atoms with Gasteiger partial charge in [0.2, 0.25) is 5.91 Å². The van der Waals surface area contributed by atoms with Crippen LogP contribution >= 0.6 is 11.8 Å². The Morgan fingerprint density at radius 2 is 1.70 bits per heavy atom. The van der Waals surface area contributed by atoms with Gasteiger partial charge in [-0.1, -0.05) is 60.7 Å². The standard InChI is InChI=1S/C22H24N2O5S/c25-19(26)13-24-20(27)18(14-30-21(24)16-9-5-2-6-10-16)23-17(22(28)29)12-11-15-7-3-1-4-8-15/h1-10,17-18,21,23H,11-14H2,(H,25,26)(H,28,29). The first-order chi connectivity index (χ1) is 14.5. The molecule has 1 fully saturated rings. The summed E-state index contributed by atoms with van der Waals surface area (Å²) in [4.78, 5) is 37.5. The first-order valence-electron chi connectivity index (χ1n) is 9.67. The van der Waals surface area contributed by atoms with Crippen molar-refractivity contribution in [3.63, 3.8) is 0 Å². The number of nitrogens with one attached hydrogen (secondary N) is 1. The second-order valence-electron chi connectivity index (χ2n) is 7.09. The van der Waals surface area contributed by atoms with Crippen molar-refractivity contribution in [2.45, 2.75) is 30.3 Å². The van der Waals surface area contributed by atoms with Crippen LogP contribution in [0.15, 0.2) is 60.7 Å². The highest BCUT2D eigenvalue weighted by atomic mass is 32.2. The summed E-state index contributed by atoms with van der Waals surface area (Å²) in [6.07, 6.45) is 0.888. The Hall–Kier alpha value is -2.84. The number of nitrogens with zero attached hydrogens (tertiary/aromatic N) is 1. The number of hydrogen-bond acceptors (Lipinski definition) is 5. The molecule has 8 heteroatoms. The largest absolute Gasteiger partial charge is 0.480 e. The van der Waals surface area contributed by atoms with Crippen molar-refractivity contribution in [2.24, 2.45) is 0 Å². The van der Waals surface area contributed by atoms with Gasteiger partial charge in [0.1, 0.15) is 18.0 Å². The number of carbonyl (C=O) groups excluding carboxylic acids is 1. The van der Waals surface area contributed by atoms with Crippen molar-refractivity contribution in [1.82, 2.24) is 10.2 Å². The van der Waals surface area contributed by atoms with Crippen molar-refractivity contribution >= 4 is 29.6 Å². The van der Waals surface area contributed by atoms with E-state index in [0.717, 1.165) is 11.1 Å². The van der Waals surface area contributed by atoms with Crippen LogP contribution in [0.2, 0.25) is 0 Å². The van der Waals surface area contributed by atoms with Gasteiger partial charge in [-0.2, -0.15) is 0 Å². The highest BCUT2D eigenvalue weighted by Gasteiger charge is 2.39. The molecule has 3 atom stereocenters. The molecule has 1 saturated heterocycles. The van der Waals surface area contributed by atoms with Crippen molar-refractivity contribution < 1.29 is 24.6 Å². The summed E-state index contributed by atoms with van der Waals surface area (Å²) in [5.41, 5.74) is 1.86. The zero-order valence-electron chi connectivity index (χ0n) is 16.3. The molecule has 3 N–H and O–H groups in total. The number of aliphatic carboxylic acids is 2. The SMILES string of the molecule is O=C(O)CN1C(=O)C(NC(CCc2ccccc2)C(=O)O)CSC1c1ccccc1. The molecule has 30 heavy (non-hydrogen) atoms. The number of rotatable bonds is 9. The first kappa shape index (κ1) is 21.9. The maximum atomic E-state index is 13.1. The van der Waals surface area contributed by atoms with E-state index in [0.29, 0.717) is 18.6 Å². The molecule has 2 aromatic rings. The molecular weight excluding hydrogens is 404 g/mol. The maximum absolute atomic E-state index is 13.1. The second-order valence-corrected chi connectivity index (χ2v) is 8.20. The topological polar surface area (TPSA) is 107 Å². The third kappa shape index (κ3) is 5.61. The Labute approximate surface area is 179 Å². The van der Waals surface area contributed by atoms with Crippen LogP contribution in [0.5, 0.6) is 0 Å². The van der Waals surface area contributed by atoms with Crippen molar-refractivity contribution in [3.05, 3.63) is 71.8 Å². The Morgan fingerprint density at radius 3 is 2.30 bits per heavy atom. The molecule has 0 aromatic heterocycles. The van der Waals surface area contributed by atoms with E-state index < -0.39 is 41.8 Å². The molecule has 158 valence electrons. The molecule has 1 aliphatic heterocycles. The van der Waals surface area contributed by atoms with Gasteiger partial charge in [-0.25, -0.2) is 0 Å². The van der Waals surface area contributed by atoms with Crippen LogP contribution in [0.25, 0.3) is 0 Å². The van der Waals surface area contributed by atoms with E-state index >= 15 is 0 Å². The molecule has 7 nitrogen and oxygen atoms in total. The fourth-order valence-corrected chi connectivity index (χ4v) is 4.78. The summed E-state index contributed by atoms with van der Waals surface area (Å²) >= 11 is 1.43. The molecule has 1 amide bonds. The minimum atomic E-state index is -1.11. The summed E-state index contributed by atoms with van der Waals surface area (Å²) in [5, 5.41) is 21.4. The lowest BCUT2D eigenvalue weighted by molar-refractivity contribution is -0.147. The third-order valence-electron chi connectivity index (χ3n) is 4.94. The van der Waals surface area contributed by atoms with Crippen LogP contribution in [-0.4, -0.2) is 57.3 Å². The van der Waals surface area contributed by atoms with Gasteiger partial charge in [0.05, 0.1) is 6.04 Å². The molecule has 0 bridgehead atoms. The lowest BCUT2D eigenvalue weighted by Gasteiger charge is -2.39. The highest BCUT2D eigenvalue weighted by molar-refractivity contribution is 7.99. The Bertz CT molecular complexity index is 878. The maximum Gasteiger partial charge on any atom is 0.323 e. The second kappa shape index (κ2) is 10.3. The fraction of sp³-hybridized carbons (Fsp3) is 0.318. The van der Waals surface area contributed by atoms with Crippen LogP contribution in [-0.2, 0) is 20.8 Å². The molecule has 0 spiro atoms. The molecule has 2 aromatic carbocycles. The van der Waals surface area contributed by atoms with Gasteiger partial charge in [-0.05, 0) is 24.0 Å². The molecule has 3 rings (SSSR count). The number of hydrogen-bond donors (Lipinski definition) is 3. The normalized spacial score (nSPS) is 20.0. The molecule has 0 aliphatic carbocycles. The van der Waals surface area contributed by atoms with Gasteiger partial charge in [0.15, 0.2) is 0 Å². The van der Waals surface area contributed by atoms with Crippen LogP contribution in [0.4, 0.5) is 0 Å². The molecular formula is C22H24N2O5S. The van der Waals surface area contributed by atoms with E-state index in [1.807, 2.05) is 60.7 Å². The van der Waals surface area contributed by atoms with Crippen LogP contribution in [0, 0.1) is 0 Å². The molecule has 0 radical (unpaired) electrons. The zero-order valence-corrected chi connectivity index (χ0v) is 17.1. The van der Waals surface area contributed by atoms with E-state index in [9.17, 15) is 24.6 Å². The minimum Gasteiger partial charge on any atom is -0.480 e. The van der Waals surface area contributed by atoms with Crippen LogP contribution in [0.3, 0.4) is 0 Å². The van der Waals surface area contributed by atoms with Gasteiger partial charge in [-0.15, -0.1) is 11.8 Å². The van der Waals surface area contributed by atoms with Crippen molar-refractivity contribution in [2.75, 3.05) is 12.3 Å². The highest BCUT2D eigenvalue weighted by Crippen LogP contribution is 2.37. The Morgan fingerprint density at radius 1 is 1.07 bits per heavy atom. The van der Waals surface area contributed by atoms with Crippen molar-refractivity contribution in [1.29, 1.82) is 0 Å². The molecule has 3 unspecified atom stereocenters. The predicted molar refractivity (Wildman–Crippen MR) is 114 cm³/mol. The average molecular weight is 429 g/mol. The van der Waals surface area contributed by atoms with E-state index in [1.54, 1.807) is 0 Å². The van der Waals surface area contributed by atoms with Crippen LogP contribution in [0.1, 0.15) is 22.9 Å². The summed E-state index contributed by atoms with van der Waals surface area (Å²) in [6, 6.07) is 17.1. The lowest BCUT2D eigenvalue weighted by atomic mass is 10.0. The van der Waals surface area contributed by atoms with Gasteiger partial charge >= 0.3 is 11.9 Å². The fourth-order valence-electron chi connectivity index (χ4n) is 3.46. The van der Waals surface area contributed by atoms with Crippen molar-refractivity contribution in [3.8, 4) is 0 Å². The number of aryl methyl sites for hydroxylation is 1. The number of amides is 1. The zero-order chi connectivity index (χ0) is 21.5. The number of carbonyl (C=O) groups is 3. The number of carboxylic acid groups (broad SMARTS) is 2. The van der Waals surface area contributed by atoms with E-state index in [2.05, 4.69) is 5.32 Å². The lowest BCUT2D eigenvalue weighted by Crippen LogP contribution is -2.57. The number of benzene rings is 2. The van der Waals surface area contributed by atoms with Crippen LogP contribution < -0.4 is 5.32 Å². The third-order valence-corrected chi connectivity index (χ3v) is 6.31. The monoisotopic (exact) mass is 428 g/mol. The van der Waals surface area contributed by atoms with Gasteiger partial charge in [-0.3, -0.25) is 19.7 Å². The van der Waals surface area contributed by atoms with E-state index in [4.69, 9.17) is 0 Å². The number of thioether (sulfide) groups is 1. The smallest absolute Gasteiger partial charge is 0.323 e. The first-order valence-corrected chi connectivity index (χ1v) is 10.7. The summed E-state index contributed by atoms with van der Waals surface area (Å²) in [5.74, 6) is -2.16. The summed E-state index contributed by atoms with van der Waals surface area (Å²) < 4.78 is 0. The van der Waals surface area contributed by atoms with E-state index in [1.165, 1.54) is 16.7 Å². The Kier molecular flexibility index (Phi) is 7.48. The Balaban J connectivity index is 1.71. The number of carboxylic acids is 2. The predicted octanol–water partition coefficient (Wildman–Crippen LogP) is 2.39. The van der Waals surface area contributed by atoms with E-state index in [-0.39, 0.29) is 0 Å². The molecule has 1 heterocycles.